The number of unbranched alkanes of at least 4 members (excludes halogenated alkanes) is 1. The van der Waals surface area contributed by atoms with Gasteiger partial charge < -0.3 is 19.9 Å². The summed E-state index contributed by atoms with van der Waals surface area (Å²) in [6, 6.07) is 6.21. The van der Waals surface area contributed by atoms with E-state index in [2.05, 4.69) is 57.1 Å². The Labute approximate surface area is 175 Å². The number of hydrogen-bond donors (Lipinski definition) is 2. The van der Waals surface area contributed by atoms with Gasteiger partial charge in [-0.3, -0.25) is 0 Å². The van der Waals surface area contributed by atoms with E-state index >= 15 is 0 Å². The molecular weight excluding hydrogens is 364 g/mol. The summed E-state index contributed by atoms with van der Waals surface area (Å²) < 4.78 is 12.3. The van der Waals surface area contributed by atoms with E-state index in [0.717, 1.165) is 53.1 Å². The SMILES string of the molecule is CCCCOCc1c(NC(CC)CO)cc(C)nc1Oc1c(C)cc(C)cc1C. The van der Waals surface area contributed by atoms with Gasteiger partial charge in [-0.05, 0) is 57.7 Å². The minimum Gasteiger partial charge on any atom is -0.438 e. The number of aliphatic hydroxyl groups excluding tert-OH is 1. The maximum absolute atomic E-state index is 9.66. The number of aromatic nitrogens is 1. The highest BCUT2D eigenvalue weighted by Gasteiger charge is 2.18. The molecule has 0 aliphatic carbocycles. The molecule has 29 heavy (non-hydrogen) atoms. The standard InChI is InChI=1S/C24H36N2O3/c1-7-9-10-28-15-21-22(26-20(8-2)14-27)13-19(6)25-24(21)29-23-17(4)11-16(3)12-18(23)5/h11-13,20,27H,7-10,14-15H2,1-6H3,(H,25,26). The molecule has 1 atom stereocenters. The van der Waals surface area contributed by atoms with Crippen LogP contribution in [0.2, 0.25) is 0 Å². The molecule has 0 aliphatic rings. The number of rotatable bonds is 11. The van der Waals surface area contributed by atoms with Gasteiger partial charge in [0, 0.05) is 24.0 Å². The number of benzene rings is 1. The van der Waals surface area contributed by atoms with Gasteiger partial charge in [0.05, 0.1) is 18.8 Å². The van der Waals surface area contributed by atoms with Crippen LogP contribution in [0.3, 0.4) is 0 Å². The molecule has 0 spiro atoms. The van der Waals surface area contributed by atoms with Crippen molar-refractivity contribution < 1.29 is 14.6 Å². The van der Waals surface area contributed by atoms with Gasteiger partial charge in [-0.2, -0.15) is 0 Å². The fourth-order valence-corrected chi connectivity index (χ4v) is 3.37. The molecule has 1 aromatic heterocycles. The Hall–Kier alpha value is -2.11. The average molecular weight is 401 g/mol. The number of aliphatic hydroxyl groups is 1. The summed E-state index contributed by atoms with van der Waals surface area (Å²) in [6.45, 7) is 13.5. The summed E-state index contributed by atoms with van der Waals surface area (Å²) in [5.41, 5.74) is 6.03. The highest BCUT2D eigenvalue weighted by atomic mass is 16.5. The highest BCUT2D eigenvalue weighted by Crippen LogP contribution is 2.34. The minimum absolute atomic E-state index is 0.0260. The zero-order chi connectivity index (χ0) is 21.4. The molecule has 1 unspecified atom stereocenters. The molecule has 2 aromatic rings. The Morgan fingerprint density at radius 1 is 1.07 bits per heavy atom. The van der Waals surface area contributed by atoms with Crippen molar-refractivity contribution in [2.24, 2.45) is 0 Å². The first-order valence-electron chi connectivity index (χ1n) is 10.6. The lowest BCUT2D eigenvalue weighted by Gasteiger charge is -2.22. The number of anilines is 1. The fourth-order valence-electron chi connectivity index (χ4n) is 3.37. The quantitative estimate of drug-likeness (QED) is 0.480. The first kappa shape index (κ1) is 23.2. The molecule has 0 amide bonds. The molecule has 0 saturated heterocycles. The lowest BCUT2D eigenvalue weighted by molar-refractivity contribution is 0.116. The van der Waals surface area contributed by atoms with Crippen molar-refractivity contribution in [2.75, 3.05) is 18.5 Å². The molecule has 2 rings (SSSR count). The topological polar surface area (TPSA) is 63.6 Å². The lowest BCUT2D eigenvalue weighted by Crippen LogP contribution is -2.24. The molecular formula is C24H36N2O3. The van der Waals surface area contributed by atoms with Crippen molar-refractivity contribution in [1.82, 2.24) is 4.98 Å². The van der Waals surface area contributed by atoms with Crippen LogP contribution >= 0.6 is 0 Å². The summed E-state index contributed by atoms with van der Waals surface area (Å²) in [7, 11) is 0. The third kappa shape index (κ3) is 6.44. The van der Waals surface area contributed by atoms with Crippen LogP contribution < -0.4 is 10.1 Å². The second kappa shape index (κ2) is 11.2. The van der Waals surface area contributed by atoms with E-state index in [1.54, 1.807) is 0 Å². The van der Waals surface area contributed by atoms with Gasteiger partial charge >= 0.3 is 0 Å². The number of aryl methyl sites for hydroxylation is 4. The second-order valence-electron chi connectivity index (χ2n) is 7.76. The van der Waals surface area contributed by atoms with Crippen LogP contribution in [-0.4, -0.2) is 29.3 Å². The van der Waals surface area contributed by atoms with E-state index < -0.39 is 0 Å². The Balaban J connectivity index is 2.44. The van der Waals surface area contributed by atoms with Crippen molar-refractivity contribution in [3.8, 4) is 11.6 Å². The van der Waals surface area contributed by atoms with Crippen LogP contribution in [0.25, 0.3) is 0 Å². The Bertz CT molecular complexity index is 778. The molecule has 0 radical (unpaired) electrons. The molecule has 5 heteroatoms. The van der Waals surface area contributed by atoms with Crippen molar-refractivity contribution in [3.63, 3.8) is 0 Å². The third-order valence-electron chi connectivity index (χ3n) is 4.98. The van der Waals surface area contributed by atoms with Gasteiger partial charge in [0.15, 0.2) is 0 Å². The van der Waals surface area contributed by atoms with Crippen LogP contribution in [0.4, 0.5) is 5.69 Å². The van der Waals surface area contributed by atoms with Crippen LogP contribution in [-0.2, 0) is 11.3 Å². The fraction of sp³-hybridized carbons (Fsp3) is 0.542. The number of hydrogen-bond acceptors (Lipinski definition) is 5. The van der Waals surface area contributed by atoms with Gasteiger partial charge in [-0.1, -0.05) is 38.0 Å². The normalized spacial score (nSPS) is 12.1. The maximum atomic E-state index is 9.66. The second-order valence-corrected chi connectivity index (χ2v) is 7.76. The van der Waals surface area contributed by atoms with Gasteiger partial charge in [0.25, 0.3) is 0 Å². The van der Waals surface area contributed by atoms with Crippen LogP contribution in [0.1, 0.15) is 61.1 Å². The molecule has 2 N–H and O–H groups in total. The van der Waals surface area contributed by atoms with Gasteiger partial charge in [0.1, 0.15) is 5.75 Å². The van der Waals surface area contributed by atoms with E-state index in [0.29, 0.717) is 19.1 Å². The molecule has 0 fully saturated rings. The van der Waals surface area contributed by atoms with Crippen molar-refractivity contribution in [3.05, 3.63) is 46.1 Å². The molecule has 1 aromatic carbocycles. The summed E-state index contributed by atoms with van der Waals surface area (Å²) in [4.78, 5) is 4.69. The van der Waals surface area contributed by atoms with E-state index in [4.69, 9.17) is 9.47 Å². The Kier molecular flexibility index (Phi) is 8.93. The highest BCUT2D eigenvalue weighted by molar-refractivity contribution is 5.58. The van der Waals surface area contributed by atoms with Crippen LogP contribution in [0.5, 0.6) is 11.6 Å². The summed E-state index contributed by atoms with van der Waals surface area (Å²) in [5, 5.41) is 13.1. The first-order valence-corrected chi connectivity index (χ1v) is 10.6. The van der Waals surface area contributed by atoms with Crippen molar-refractivity contribution in [2.45, 2.75) is 73.5 Å². The first-order chi connectivity index (χ1) is 13.9. The smallest absolute Gasteiger partial charge is 0.227 e. The van der Waals surface area contributed by atoms with Crippen molar-refractivity contribution in [1.29, 1.82) is 0 Å². The number of nitrogens with zero attached hydrogens (tertiary/aromatic N) is 1. The summed E-state index contributed by atoms with van der Waals surface area (Å²) >= 11 is 0. The van der Waals surface area contributed by atoms with E-state index in [1.807, 2.05) is 13.0 Å². The number of nitrogens with one attached hydrogen (secondary N) is 1. The predicted molar refractivity (Wildman–Crippen MR) is 119 cm³/mol. The lowest BCUT2D eigenvalue weighted by atomic mass is 10.1. The van der Waals surface area contributed by atoms with Crippen LogP contribution in [0.15, 0.2) is 18.2 Å². The number of pyridine rings is 1. The molecule has 5 nitrogen and oxygen atoms in total. The Morgan fingerprint density at radius 2 is 1.76 bits per heavy atom. The molecule has 0 bridgehead atoms. The van der Waals surface area contributed by atoms with Gasteiger partial charge in [-0.15, -0.1) is 0 Å². The Morgan fingerprint density at radius 3 is 2.34 bits per heavy atom. The van der Waals surface area contributed by atoms with Gasteiger partial charge in [-0.25, -0.2) is 4.98 Å². The van der Waals surface area contributed by atoms with E-state index in [9.17, 15) is 5.11 Å². The average Bonchev–Trinajstić information content (AvgIpc) is 2.67. The maximum Gasteiger partial charge on any atom is 0.227 e. The van der Waals surface area contributed by atoms with Crippen LogP contribution in [0, 0.1) is 27.7 Å². The monoisotopic (exact) mass is 400 g/mol. The zero-order valence-corrected chi connectivity index (χ0v) is 18.8. The van der Waals surface area contributed by atoms with Gasteiger partial charge in [0.2, 0.25) is 5.88 Å². The predicted octanol–water partition coefficient (Wildman–Crippen LogP) is 5.61. The molecule has 1 heterocycles. The molecule has 0 aliphatic heterocycles. The van der Waals surface area contributed by atoms with Crippen molar-refractivity contribution >= 4 is 5.69 Å². The number of ether oxygens (including phenoxy) is 2. The zero-order valence-electron chi connectivity index (χ0n) is 18.8. The third-order valence-corrected chi connectivity index (χ3v) is 4.98. The van der Waals surface area contributed by atoms with E-state index in [-0.39, 0.29) is 12.6 Å². The summed E-state index contributed by atoms with van der Waals surface area (Å²) in [6.07, 6.45) is 2.92. The summed E-state index contributed by atoms with van der Waals surface area (Å²) in [5.74, 6) is 1.40. The molecule has 160 valence electrons. The minimum atomic E-state index is -0.0260. The molecule has 0 saturated carbocycles. The van der Waals surface area contributed by atoms with E-state index in [1.165, 1.54) is 5.56 Å². The largest absolute Gasteiger partial charge is 0.438 e.